The fraction of sp³-hybridized carbons (Fsp3) is 0.534. The van der Waals surface area contributed by atoms with Crippen molar-refractivity contribution in [3.63, 3.8) is 0 Å². The van der Waals surface area contributed by atoms with Gasteiger partial charge in [0.2, 0.25) is 53.2 Å². The zero-order chi connectivity index (χ0) is 67.8. The van der Waals surface area contributed by atoms with Crippen LogP contribution < -0.4 is 43.0 Å². The van der Waals surface area contributed by atoms with Gasteiger partial charge in [-0.2, -0.15) is 0 Å². The fourth-order valence-electron chi connectivity index (χ4n) is 10.1. The molecule has 0 spiro atoms. The molecule has 0 aromatic heterocycles. The predicted octanol–water partition coefficient (Wildman–Crippen LogP) is -2.35. The Kier molecular flexibility index (Phi) is 28.5. The molecule has 2 aliphatic rings. The topological polar surface area (TPSA) is 535 Å². The Morgan fingerprint density at radius 3 is 1.23 bits per heavy atom. The molecule has 91 heavy (non-hydrogen) atoms. The quantitative estimate of drug-likeness (QED) is 0.0337. The van der Waals surface area contributed by atoms with Crippen LogP contribution in [-0.4, -0.2) is 213 Å². The van der Waals surface area contributed by atoms with Crippen molar-refractivity contribution in [2.45, 2.75) is 177 Å². The van der Waals surface area contributed by atoms with E-state index in [0.717, 1.165) is 9.80 Å². The van der Waals surface area contributed by atoms with Gasteiger partial charge in [-0.1, -0.05) is 44.5 Å². The molecule has 4 rings (SSSR count). The maximum atomic E-state index is 14.7. The van der Waals surface area contributed by atoms with Gasteiger partial charge in [0.25, 0.3) is 0 Å². The number of amides is 9. The highest BCUT2D eigenvalue weighted by Gasteiger charge is 2.44. The molecule has 0 unspecified atom stereocenters. The van der Waals surface area contributed by atoms with Crippen LogP contribution >= 0.6 is 0 Å². The van der Waals surface area contributed by atoms with E-state index in [2.05, 4.69) is 37.2 Å². The van der Waals surface area contributed by atoms with E-state index in [1.54, 1.807) is 13.8 Å². The molecule has 11 atom stereocenters. The maximum Gasteiger partial charge on any atom is 0.326 e. The molecule has 2 aromatic carbocycles. The lowest BCUT2D eigenvalue weighted by atomic mass is 9.96. The van der Waals surface area contributed by atoms with E-state index in [4.69, 9.17) is 10.8 Å². The Morgan fingerprint density at radius 1 is 0.462 bits per heavy atom. The van der Waals surface area contributed by atoms with Gasteiger partial charge in [0.15, 0.2) is 0 Å². The lowest BCUT2D eigenvalue weighted by molar-refractivity contribution is -0.146. The van der Waals surface area contributed by atoms with Crippen LogP contribution in [0.2, 0.25) is 0 Å². The molecule has 2 heterocycles. The molecule has 2 saturated heterocycles. The minimum Gasteiger partial charge on any atom is -0.508 e. The van der Waals surface area contributed by atoms with Crippen molar-refractivity contribution in [1.82, 2.24) is 47.0 Å². The van der Waals surface area contributed by atoms with Crippen molar-refractivity contribution < 1.29 is 113 Å². The summed E-state index contributed by atoms with van der Waals surface area (Å²) in [5.41, 5.74) is 6.43. The highest BCUT2D eigenvalue weighted by molar-refractivity contribution is 5.99. The maximum absolute atomic E-state index is 14.7. The smallest absolute Gasteiger partial charge is 0.326 e. The second-order valence-corrected chi connectivity index (χ2v) is 22.1. The Labute approximate surface area is 520 Å². The summed E-state index contributed by atoms with van der Waals surface area (Å²) < 4.78 is 0. The van der Waals surface area contributed by atoms with Crippen molar-refractivity contribution >= 4 is 89.0 Å². The van der Waals surface area contributed by atoms with E-state index in [9.17, 15) is 108 Å². The lowest BCUT2D eigenvalue weighted by Crippen LogP contribution is -2.61. The number of carboxylic acids is 6. The van der Waals surface area contributed by atoms with Gasteiger partial charge in [-0.25, -0.2) is 4.79 Å². The summed E-state index contributed by atoms with van der Waals surface area (Å²) in [5, 5.41) is 93.4. The van der Waals surface area contributed by atoms with Gasteiger partial charge in [-0.15, -0.1) is 0 Å². The second-order valence-electron chi connectivity index (χ2n) is 22.1. The van der Waals surface area contributed by atoms with Crippen LogP contribution in [0.3, 0.4) is 0 Å². The van der Waals surface area contributed by atoms with Crippen molar-refractivity contribution in [3.8, 4) is 11.5 Å². The number of nitrogens with one attached hydrogen (secondary N) is 7. The standard InChI is InChI=1S/C58H78N10O23/c1-3-29(2)48(66-55(87)42-7-4-24-67(42)56(88)37(18-22-45(75)76)62-52(84)39(26-30-8-12-32(69)13-9-30)64-49(81)34(59)28-47(79)80)57(89)68-25-5-6-41(68)54(86)61-36(17-21-44(73)74)50(82)60-35(16-20-43(71)72)51(83)65-40(27-31-10-14-33(70)15-11-31)53(85)63-38(58(90)91)19-23-46(77)78/h8-15,29,34-42,48,69-70H,3-7,16-28,59H2,1-2H3,(H,60,82)(H,61,86)(H,62,84)(H,63,85)(H,64,81)(H,65,83)(H,66,87)(H,71,72)(H,73,74)(H,75,76)(H,77,78)(H,79,80)(H,90,91)/t29-,34-,35-,36-,37-,38-,39-,40-,41-,42-,48-/m0/s1. The van der Waals surface area contributed by atoms with Gasteiger partial charge in [-0.05, 0) is 92.7 Å². The average Bonchev–Trinajstić information content (AvgIpc) is 1.79. The number of aromatic hydroxyl groups is 2. The number of aliphatic carboxylic acids is 6. The number of rotatable bonds is 37. The molecule has 2 aromatic rings. The van der Waals surface area contributed by atoms with Crippen LogP contribution in [0.25, 0.3) is 0 Å². The molecular weight excluding hydrogens is 1200 g/mol. The van der Waals surface area contributed by atoms with E-state index in [-0.39, 0.29) is 68.7 Å². The highest BCUT2D eigenvalue weighted by Crippen LogP contribution is 2.25. The number of carboxylic acid groups (broad SMARTS) is 6. The summed E-state index contributed by atoms with van der Waals surface area (Å²) in [6.45, 7) is 3.15. The molecule has 17 N–H and O–H groups in total. The number of nitrogens with zero attached hydrogens (tertiary/aromatic N) is 2. The molecule has 33 heteroatoms. The molecule has 2 aliphatic heterocycles. The third-order valence-electron chi connectivity index (χ3n) is 15.3. The first kappa shape index (κ1) is 73.5. The van der Waals surface area contributed by atoms with E-state index >= 15 is 0 Å². The number of phenols is 2. The zero-order valence-corrected chi connectivity index (χ0v) is 49.9. The number of carbonyl (C=O) groups is 15. The van der Waals surface area contributed by atoms with Gasteiger partial charge in [0.05, 0.1) is 12.5 Å². The van der Waals surface area contributed by atoms with Gasteiger partial charge < -0.3 is 93.6 Å². The largest absolute Gasteiger partial charge is 0.508 e. The summed E-state index contributed by atoms with van der Waals surface area (Å²) in [6, 6.07) is -5.38. The summed E-state index contributed by atoms with van der Waals surface area (Å²) in [7, 11) is 0. The van der Waals surface area contributed by atoms with E-state index < -0.39 is 220 Å². The van der Waals surface area contributed by atoms with Crippen LogP contribution in [0, 0.1) is 5.92 Å². The average molecular weight is 1280 g/mol. The van der Waals surface area contributed by atoms with Crippen LogP contribution in [0.15, 0.2) is 48.5 Å². The number of nitrogens with two attached hydrogens (primary N) is 1. The minimum absolute atomic E-state index is 0.0199. The molecule has 9 amide bonds. The van der Waals surface area contributed by atoms with Crippen LogP contribution in [0.5, 0.6) is 11.5 Å². The minimum atomic E-state index is -1.85. The third-order valence-corrected chi connectivity index (χ3v) is 15.3. The predicted molar refractivity (Wildman–Crippen MR) is 311 cm³/mol. The monoisotopic (exact) mass is 1280 g/mol. The fourth-order valence-corrected chi connectivity index (χ4v) is 10.1. The lowest BCUT2D eigenvalue weighted by Gasteiger charge is -2.34. The van der Waals surface area contributed by atoms with Crippen molar-refractivity contribution in [1.29, 1.82) is 0 Å². The Balaban J connectivity index is 1.57. The molecule has 0 aliphatic carbocycles. The number of phenolic OH excluding ortho intramolecular Hbond substituents is 2. The molecular formula is C58H78N10O23. The number of benzene rings is 2. The van der Waals surface area contributed by atoms with Crippen molar-refractivity contribution in [3.05, 3.63) is 59.7 Å². The molecule has 33 nitrogen and oxygen atoms in total. The van der Waals surface area contributed by atoms with Crippen LogP contribution in [0.4, 0.5) is 0 Å². The number of likely N-dealkylation sites (tertiary alicyclic amines) is 2. The summed E-state index contributed by atoms with van der Waals surface area (Å²) in [6.07, 6.45) is -6.14. The molecule has 2 fully saturated rings. The molecule has 0 saturated carbocycles. The Morgan fingerprint density at radius 2 is 0.813 bits per heavy atom. The number of carbonyl (C=O) groups excluding carboxylic acids is 9. The first-order valence-corrected chi connectivity index (χ1v) is 29.3. The Hall–Kier alpha value is -9.95. The molecule has 0 bridgehead atoms. The van der Waals surface area contributed by atoms with Gasteiger partial charge in [0.1, 0.15) is 65.9 Å². The summed E-state index contributed by atoms with van der Waals surface area (Å²) >= 11 is 0. The first-order chi connectivity index (χ1) is 42.9. The normalized spacial score (nSPS) is 17.4. The van der Waals surface area contributed by atoms with E-state index in [1.807, 2.05) is 0 Å². The molecule has 0 radical (unpaired) electrons. The van der Waals surface area contributed by atoms with Crippen molar-refractivity contribution in [2.75, 3.05) is 13.1 Å². The summed E-state index contributed by atoms with van der Waals surface area (Å²) in [4.78, 5) is 199. The Bertz CT molecular complexity index is 3000. The van der Waals surface area contributed by atoms with Gasteiger partial charge in [-0.3, -0.25) is 67.1 Å². The van der Waals surface area contributed by atoms with E-state index in [0.29, 0.717) is 5.56 Å². The first-order valence-electron chi connectivity index (χ1n) is 29.3. The van der Waals surface area contributed by atoms with Gasteiger partial charge >= 0.3 is 35.8 Å². The van der Waals surface area contributed by atoms with Crippen molar-refractivity contribution in [2.24, 2.45) is 11.7 Å². The zero-order valence-electron chi connectivity index (χ0n) is 49.9. The second kappa shape index (κ2) is 35.3. The SMILES string of the molecule is CC[C@H](C)[C@H](NC(=O)[C@@H]1CCCN1C(=O)[C@H](CCC(=O)O)NC(=O)[C@H](Cc1ccc(O)cc1)NC(=O)[C@@H](N)CC(=O)O)C(=O)N1CCC[C@H]1C(=O)N[C@@H](CCC(=O)O)C(=O)N[C@@H](CCC(=O)O)C(=O)N[C@@H](Cc1ccc(O)cc1)C(=O)N[C@@H](CCC(=O)O)C(=O)O. The number of hydrogen-bond donors (Lipinski definition) is 16. The van der Waals surface area contributed by atoms with Gasteiger partial charge in [0, 0.05) is 51.6 Å². The van der Waals surface area contributed by atoms with Crippen LogP contribution in [-0.2, 0) is 84.8 Å². The van der Waals surface area contributed by atoms with Crippen LogP contribution in [0.1, 0.15) is 115 Å². The van der Waals surface area contributed by atoms with E-state index in [1.165, 1.54) is 48.5 Å². The highest BCUT2D eigenvalue weighted by atomic mass is 16.4. The molecule has 498 valence electrons. The third kappa shape index (κ3) is 23.5. The summed E-state index contributed by atoms with van der Waals surface area (Å²) in [5.74, 6) is -18.9. The number of hydrogen-bond acceptors (Lipinski definition) is 18.